The Morgan fingerprint density at radius 2 is 1.43 bits per heavy atom. The summed E-state index contributed by atoms with van der Waals surface area (Å²) in [7, 11) is -3.80. The fourth-order valence-corrected chi connectivity index (χ4v) is 4.94. The third kappa shape index (κ3) is 9.41. The predicted octanol–water partition coefficient (Wildman–Crippen LogP) is 4.26. The van der Waals surface area contributed by atoms with Gasteiger partial charge in [0.2, 0.25) is 21.8 Å². The molecule has 0 aliphatic heterocycles. The van der Waals surface area contributed by atoms with E-state index < -0.39 is 28.5 Å². The molecule has 0 radical (unpaired) electrons. The SMILES string of the molecule is CC(C)CNC(=O)C(C)N(CCc1ccccc1)C(=O)CN(c1ccc(OCc2ccccc2)cc1)S(C)(=O)=O. The Kier molecular flexibility index (Phi) is 11.1. The van der Waals surface area contributed by atoms with Gasteiger partial charge in [0.05, 0.1) is 11.9 Å². The highest BCUT2D eigenvalue weighted by Gasteiger charge is 2.29. The van der Waals surface area contributed by atoms with Gasteiger partial charge in [-0.15, -0.1) is 0 Å². The monoisotopic (exact) mass is 565 g/mol. The van der Waals surface area contributed by atoms with Crippen LogP contribution in [0.15, 0.2) is 84.9 Å². The van der Waals surface area contributed by atoms with Crippen LogP contribution in [0, 0.1) is 5.92 Å². The Morgan fingerprint density at radius 1 is 0.850 bits per heavy atom. The van der Waals surface area contributed by atoms with E-state index >= 15 is 0 Å². The second kappa shape index (κ2) is 14.5. The topological polar surface area (TPSA) is 96.0 Å². The summed E-state index contributed by atoms with van der Waals surface area (Å²) < 4.78 is 32.5. The number of nitrogens with one attached hydrogen (secondary N) is 1. The van der Waals surface area contributed by atoms with E-state index in [-0.39, 0.29) is 18.4 Å². The maximum absolute atomic E-state index is 13.6. The highest BCUT2D eigenvalue weighted by Crippen LogP contribution is 2.23. The highest BCUT2D eigenvalue weighted by molar-refractivity contribution is 7.92. The molecular weight excluding hydrogens is 526 g/mol. The summed E-state index contributed by atoms with van der Waals surface area (Å²) in [5.41, 5.74) is 2.36. The molecule has 0 bridgehead atoms. The van der Waals surface area contributed by atoms with Gasteiger partial charge < -0.3 is 15.0 Å². The van der Waals surface area contributed by atoms with E-state index in [1.54, 1.807) is 31.2 Å². The Bertz CT molecular complexity index is 1330. The number of rotatable bonds is 14. The average molecular weight is 566 g/mol. The van der Waals surface area contributed by atoms with E-state index in [9.17, 15) is 18.0 Å². The molecule has 2 amide bonds. The van der Waals surface area contributed by atoms with Gasteiger partial charge in [-0.05, 0) is 54.7 Å². The lowest BCUT2D eigenvalue weighted by atomic mass is 10.1. The van der Waals surface area contributed by atoms with Gasteiger partial charge in [0.15, 0.2) is 0 Å². The summed E-state index contributed by atoms with van der Waals surface area (Å²) in [6.07, 6.45) is 1.59. The van der Waals surface area contributed by atoms with Crippen molar-refractivity contribution in [2.24, 2.45) is 5.92 Å². The normalized spacial score (nSPS) is 12.0. The van der Waals surface area contributed by atoms with Crippen LogP contribution < -0.4 is 14.4 Å². The van der Waals surface area contributed by atoms with Crippen LogP contribution in [0.3, 0.4) is 0 Å². The molecule has 214 valence electrons. The summed E-state index contributed by atoms with van der Waals surface area (Å²) in [4.78, 5) is 28.0. The van der Waals surface area contributed by atoms with Crippen LogP contribution in [0.2, 0.25) is 0 Å². The Morgan fingerprint density at radius 3 is 1.98 bits per heavy atom. The van der Waals surface area contributed by atoms with E-state index in [1.165, 1.54) is 4.90 Å². The number of benzene rings is 3. The molecule has 0 aliphatic rings. The van der Waals surface area contributed by atoms with Crippen LogP contribution in [0.4, 0.5) is 5.69 Å². The molecule has 0 aliphatic carbocycles. The molecule has 3 aromatic carbocycles. The Labute approximate surface area is 238 Å². The molecule has 0 spiro atoms. The zero-order valence-corrected chi connectivity index (χ0v) is 24.4. The standard InChI is InChI=1S/C31H39N3O5S/c1-24(2)21-32-31(36)25(3)33(20-19-26-11-7-5-8-12-26)30(35)22-34(40(4,37)38)28-15-17-29(18-16-28)39-23-27-13-9-6-10-14-27/h5-18,24-25H,19-23H2,1-4H3,(H,32,36). The van der Waals surface area contributed by atoms with E-state index in [0.717, 1.165) is 21.7 Å². The minimum Gasteiger partial charge on any atom is -0.489 e. The summed E-state index contributed by atoms with van der Waals surface area (Å²) in [6.45, 7) is 6.35. The molecule has 9 heteroatoms. The molecule has 1 unspecified atom stereocenters. The molecule has 1 atom stereocenters. The number of ether oxygens (including phenoxy) is 1. The number of anilines is 1. The Hall–Kier alpha value is -3.85. The lowest BCUT2D eigenvalue weighted by molar-refractivity contribution is -0.138. The van der Waals surface area contributed by atoms with Gasteiger partial charge in [-0.3, -0.25) is 13.9 Å². The van der Waals surface area contributed by atoms with E-state index in [0.29, 0.717) is 31.0 Å². The van der Waals surface area contributed by atoms with Gasteiger partial charge in [0.1, 0.15) is 24.9 Å². The minimum absolute atomic E-state index is 0.255. The van der Waals surface area contributed by atoms with Gasteiger partial charge in [-0.1, -0.05) is 74.5 Å². The van der Waals surface area contributed by atoms with Crippen LogP contribution in [-0.4, -0.2) is 57.1 Å². The first-order valence-electron chi connectivity index (χ1n) is 13.4. The van der Waals surface area contributed by atoms with Crippen molar-refractivity contribution < 1.29 is 22.7 Å². The van der Waals surface area contributed by atoms with Gasteiger partial charge in [0.25, 0.3) is 0 Å². The van der Waals surface area contributed by atoms with Crippen molar-refractivity contribution in [1.29, 1.82) is 0 Å². The van der Waals surface area contributed by atoms with E-state index in [4.69, 9.17) is 4.74 Å². The van der Waals surface area contributed by atoms with Gasteiger partial charge in [-0.25, -0.2) is 8.42 Å². The van der Waals surface area contributed by atoms with Crippen LogP contribution in [0.1, 0.15) is 31.9 Å². The van der Waals surface area contributed by atoms with Crippen molar-refractivity contribution in [2.45, 2.75) is 39.8 Å². The maximum Gasteiger partial charge on any atom is 0.244 e. The molecule has 3 rings (SSSR count). The van der Waals surface area contributed by atoms with E-state index in [2.05, 4.69) is 5.32 Å². The van der Waals surface area contributed by atoms with Gasteiger partial charge in [0, 0.05) is 13.1 Å². The molecule has 0 heterocycles. The molecule has 1 N–H and O–H groups in total. The highest BCUT2D eigenvalue weighted by atomic mass is 32.2. The smallest absolute Gasteiger partial charge is 0.244 e. The lowest BCUT2D eigenvalue weighted by Crippen LogP contribution is -2.52. The maximum atomic E-state index is 13.6. The first-order chi connectivity index (χ1) is 19.0. The van der Waals surface area contributed by atoms with Crippen LogP contribution in [0.25, 0.3) is 0 Å². The number of nitrogens with zero attached hydrogens (tertiary/aromatic N) is 2. The number of sulfonamides is 1. The minimum atomic E-state index is -3.80. The third-order valence-corrected chi connectivity index (χ3v) is 7.53. The third-order valence-electron chi connectivity index (χ3n) is 6.39. The van der Waals surface area contributed by atoms with Crippen molar-refractivity contribution in [3.63, 3.8) is 0 Å². The van der Waals surface area contributed by atoms with Crippen molar-refractivity contribution in [1.82, 2.24) is 10.2 Å². The van der Waals surface area contributed by atoms with Gasteiger partial charge in [-0.2, -0.15) is 0 Å². The second-order valence-electron chi connectivity index (χ2n) is 10.2. The molecule has 8 nitrogen and oxygen atoms in total. The molecule has 0 saturated carbocycles. The lowest BCUT2D eigenvalue weighted by Gasteiger charge is -2.31. The first kappa shape index (κ1) is 30.7. The van der Waals surface area contributed by atoms with E-state index in [1.807, 2.05) is 74.5 Å². The average Bonchev–Trinajstić information content (AvgIpc) is 2.94. The van der Waals surface area contributed by atoms with Crippen molar-refractivity contribution in [2.75, 3.05) is 30.2 Å². The van der Waals surface area contributed by atoms with Gasteiger partial charge >= 0.3 is 0 Å². The zero-order chi connectivity index (χ0) is 29.1. The van der Waals surface area contributed by atoms with Crippen molar-refractivity contribution >= 4 is 27.5 Å². The fourth-order valence-electron chi connectivity index (χ4n) is 4.09. The largest absolute Gasteiger partial charge is 0.489 e. The molecule has 0 fully saturated rings. The van der Waals surface area contributed by atoms with Crippen LogP contribution in [0.5, 0.6) is 5.75 Å². The fraction of sp³-hybridized carbons (Fsp3) is 0.355. The van der Waals surface area contributed by atoms with Crippen LogP contribution in [-0.2, 0) is 32.6 Å². The summed E-state index contributed by atoms with van der Waals surface area (Å²) in [5, 5.41) is 2.88. The molecule has 0 saturated heterocycles. The second-order valence-corrected chi connectivity index (χ2v) is 12.1. The first-order valence-corrected chi connectivity index (χ1v) is 15.2. The molecule has 3 aromatic rings. The number of amides is 2. The predicted molar refractivity (Wildman–Crippen MR) is 159 cm³/mol. The summed E-state index contributed by atoms with van der Waals surface area (Å²) in [6, 6.07) is 25.2. The number of carbonyl (C=O) groups excluding carboxylic acids is 2. The quantitative estimate of drug-likeness (QED) is 0.315. The summed E-state index contributed by atoms with van der Waals surface area (Å²) in [5.74, 6) is 0.0937. The van der Waals surface area contributed by atoms with Crippen molar-refractivity contribution in [3.05, 3.63) is 96.1 Å². The number of hydrogen-bond donors (Lipinski definition) is 1. The Balaban J connectivity index is 1.77. The van der Waals surface area contributed by atoms with Crippen molar-refractivity contribution in [3.8, 4) is 5.75 Å². The number of hydrogen-bond acceptors (Lipinski definition) is 5. The molecule has 40 heavy (non-hydrogen) atoms. The van der Waals surface area contributed by atoms with Crippen LogP contribution >= 0.6 is 0 Å². The molecular formula is C31H39N3O5S. The zero-order valence-electron chi connectivity index (χ0n) is 23.6. The molecule has 0 aromatic heterocycles. The summed E-state index contributed by atoms with van der Waals surface area (Å²) >= 11 is 0. The number of carbonyl (C=O) groups is 2.